The fraction of sp³-hybridized carbons (Fsp3) is 0.292. The molecular weight excluding hydrogens is 430 g/mol. The third kappa shape index (κ3) is 4.78. The minimum Gasteiger partial charge on any atom is -0.489 e. The number of aromatic nitrogens is 3. The summed E-state index contributed by atoms with van der Waals surface area (Å²) in [5, 5.41) is 5.64. The molecular formula is C24H24ClN3O4. The predicted molar refractivity (Wildman–Crippen MR) is 123 cm³/mol. The van der Waals surface area contributed by atoms with E-state index in [2.05, 4.69) is 10.1 Å². The number of aryl methyl sites for hydroxylation is 1. The van der Waals surface area contributed by atoms with Crippen molar-refractivity contribution in [3.05, 3.63) is 53.7 Å². The van der Waals surface area contributed by atoms with Crippen molar-refractivity contribution in [1.82, 2.24) is 14.7 Å². The topological polar surface area (TPSA) is 79.4 Å². The van der Waals surface area contributed by atoms with Crippen molar-refractivity contribution >= 4 is 28.5 Å². The zero-order valence-electron chi connectivity index (χ0n) is 18.2. The summed E-state index contributed by atoms with van der Waals surface area (Å²) >= 11 is 6.33. The van der Waals surface area contributed by atoms with E-state index in [0.717, 1.165) is 22.0 Å². The van der Waals surface area contributed by atoms with Crippen molar-refractivity contribution in [1.29, 1.82) is 0 Å². The van der Waals surface area contributed by atoms with Gasteiger partial charge in [0.1, 0.15) is 5.75 Å². The zero-order chi connectivity index (χ0) is 22.7. The van der Waals surface area contributed by atoms with Crippen molar-refractivity contribution in [3.8, 4) is 28.6 Å². The van der Waals surface area contributed by atoms with Gasteiger partial charge in [0.15, 0.2) is 0 Å². The van der Waals surface area contributed by atoms with Gasteiger partial charge in [-0.15, -0.1) is 0 Å². The average molecular weight is 454 g/mol. The second-order valence-corrected chi connectivity index (χ2v) is 7.98. The molecule has 4 aromatic rings. The van der Waals surface area contributed by atoms with E-state index in [4.69, 9.17) is 25.6 Å². The summed E-state index contributed by atoms with van der Waals surface area (Å²) in [6.45, 7) is 6.65. The molecule has 32 heavy (non-hydrogen) atoms. The van der Waals surface area contributed by atoms with Crippen LogP contribution in [0.1, 0.15) is 27.2 Å². The lowest BCUT2D eigenvalue weighted by molar-refractivity contribution is -0.143. The van der Waals surface area contributed by atoms with Gasteiger partial charge in [0.25, 0.3) is 5.89 Å². The summed E-state index contributed by atoms with van der Waals surface area (Å²) in [5.74, 6) is 1.28. The molecule has 0 aliphatic carbocycles. The van der Waals surface area contributed by atoms with Crippen LogP contribution in [0.5, 0.6) is 5.75 Å². The minimum absolute atomic E-state index is 0.0308. The molecule has 8 heteroatoms. The van der Waals surface area contributed by atoms with E-state index in [1.165, 1.54) is 0 Å². The summed E-state index contributed by atoms with van der Waals surface area (Å²) < 4.78 is 18.2. The highest BCUT2D eigenvalue weighted by Gasteiger charge is 2.14. The Morgan fingerprint density at radius 2 is 1.97 bits per heavy atom. The molecule has 0 atom stereocenters. The molecule has 0 spiro atoms. The Morgan fingerprint density at radius 3 is 2.72 bits per heavy atom. The normalized spacial score (nSPS) is 11.3. The molecule has 2 aromatic heterocycles. The third-order valence-corrected chi connectivity index (χ3v) is 5.15. The maximum Gasteiger partial charge on any atom is 0.307 e. The Labute approximate surface area is 190 Å². The molecule has 0 saturated heterocycles. The van der Waals surface area contributed by atoms with Gasteiger partial charge in [-0.2, -0.15) is 4.98 Å². The van der Waals surface area contributed by atoms with Crippen LogP contribution < -0.4 is 4.74 Å². The molecule has 2 aromatic carbocycles. The first-order valence-corrected chi connectivity index (χ1v) is 10.9. The molecule has 0 saturated carbocycles. The summed E-state index contributed by atoms with van der Waals surface area (Å²) in [6.07, 6.45) is 2.32. The van der Waals surface area contributed by atoms with Crippen molar-refractivity contribution in [2.75, 3.05) is 6.61 Å². The summed E-state index contributed by atoms with van der Waals surface area (Å²) in [5.41, 5.74) is 2.58. The van der Waals surface area contributed by atoms with Crippen molar-refractivity contribution < 1.29 is 18.8 Å². The first-order valence-electron chi connectivity index (χ1n) is 10.5. The van der Waals surface area contributed by atoms with Crippen molar-refractivity contribution in [2.24, 2.45) is 0 Å². The van der Waals surface area contributed by atoms with Gasteiger partial charge >= 0.3 is 5.97 Å². The van der Waals surface area contributed by atoms with Crippen molar-refractivity contribution in [2.45, 2.75) is 39.8 Å². The lowest BCUT2D eigenvalue weighted by Gasteiger charge is -2.11. The molecule has 0 radical (unpaired) electrons. The number of rotatable bonds is 8. The smallest absolute Gasteiger partial charge is 0.307 e. The number of fused-ring (bicyclic) bond motifs is 1. The second kappa shape index (κ2) is 9.44. The quantitative estimate of drug-likeness (QED) is 0.316. The lowest BCUT2D eigenvalue weighted by Crippen LogP contribution is -2.08. The van der Waals surface area contributed by atoms with Crippen LogP contribution in [0.15, 0.2) is 53.2 Å². The van der Waals surface area contributed by atoms with E-state index in [9.17, 15) is 4.79 Å². The average Bonchev–Trinajstić information content (AvgIpc) is 3.40. The molecule has 4 rings (SSSR count). The van der Waals surface area contributed by atoms with Crippen molar-refractivity contribution in [3.63, 3.8) is 0 Å². The molecule has 166 valence electrons. The fourth-order valence-electron chi connectivity index (χ4n) is 3.42. The van der Waals surface area contributed by atoms with Gasteiger partial charge in [0.2, 0.25) is 5.82 Å². The third-order valence-electron chi connectivity index (χ3n) is 4.86. The van der Waals surface area contributed by atoms with Crippen LogP contribution in [-0.4, -0.2) is 33.4 Å². The molecule has 0 unspecified atom stereocenters. The van der Waals surface area contributed by atoms with Gasteiger partial charge < -0.3 is 18.6 Å². The van der Waals surface area contributed by atoms with Gasteiger partial charge in [-0.05, 0) is 63.2 Å². The Morgan fingerprint density at radius 1 is 1.16 bits per heavy atom. The molecule has 0 aliphatic rings. The van der Waals surface area contributed by atoms with Crippen LogP contribution in [0.3, 0.4) is 0 Å². The van der Waals surface area contributed by atoms with E-state index in [-0.39, 0.29) is 12.1 Å². The number of ether oxygens (including phenoxy) is 2. The van der Waals surface area contributed by atoms with Gasteiger partial charge in [-0.1, -0.05) is 16.8 Å². The number of hydrogen-bond acceptors (Lipinski definition) is 6. The largest absolute Gasteiger partial charge is 0.489 e. The van der Waals surface area contributed by atoms with Crippen LogP contribution in [0.2, 0.25) is 5.02 Å². The maximum absolute atomic E-state index is 11.6. The summed E-state index contributed by atoms with van der Waals surface area (Å²) in [4.78, 5) is 16.2. The first-order chi connectivity index (χ1) is 15.4. The monoisotopic (exact) mass is 453 g/mol. The zero-order valence-corrected chi connectivity index (χ0v) is 18.9. The van der Waals surface area contributed by atoms with Crippen LogP contribution in [0.4, 0.5) is 0 Å². The van der Waals surface area contributed by atoms with Crippen LogP contribution in [-0.2, 0) is 16.1 Å². The Balaban J connectivity index is 1.53. The van der Waals surface area contributed by atoms with Gasteiger partial charge in [0, 0.05) is 34.8 Å². The molecule has 0 N–H and O–H groups in total. The minimum atomic E-state index is -0.200. The van der Waals surface area contributed by atoms with E-state index in [0.29, 0.717) is 42.1 Å². The number of hydrogen-bond donors (Lipinski definition) is 0. The number of carbonyl (C=O) groups is 1. The number of esters is 1. The van der Waals surface area contributed by atoms with E-state index in [1.807, 2.05) is 54.9 Å². The second-order valence-electron chi connectivity index (χ2n) is 7.57. The highest BCUT2D eigenvalue weighted by atomic mass is 35.5. The van der Waals surface area contributed by atoms with Crippen LogP contribution in [0, 0.1) is 0 Å². The number of benzene rings is 2. The molecule has 2 heterocycles. The van der Waals surface area contributed by atoms with Gasteiger partial charge in [-0.3, -0.25) is 4.79 Å². The number of nitrogens with zero attached hydrogens (tertiary/aromatic N) is 3. The first kappa shape index (κ1) is 21.9. The van der Waals surface area contributed by atoms with Crippen LogP contribution in [0.25, 0.3) is 33.7 Å². The number of halogens is 1. The SMILES string of the molecule is CCOC(=O)CCn1ccc2cc(-c3noc(-c4ccc(OC(C)C)c(Cl)c4)n3)ccc21. The van der Waals surface area contributed by atoms with Gasteiger partial charge in [0.05, 0.1) is 24.2 Å². The molecule has 0 fully saturated rings. The molecule has 7 nitrogen and oxygen atoms in total. The maximum atomic E-state index is 11.6. The van der Waals surface area contributed by atoms with Gasteiger partial charge in [-0.25, -0.2) is 0 Å². The Bertz CT molecular complexity index is 1250. The fourth-order valence-corrected chi connectivity index (χ4v) is 3.65. The Kier molecular flexibility index (Phi) is 6.46. The van der Waals surface area contributed by atoms with E-state index in [1.54, 1.807) is 19.1 Å². The Hall–Kier alpha value is -3.32. The van der Waals surface area contributed by atoms with E-state index >= 15 is 0 Å². The highest BCUT2D eigenvalue weighted by molar-refractivity contribution is 6.32. The van der Waals surface area contributed by atoms with E-state index < -0.39 is 0 Å². The molecule has 0 bridgehead atoms. The number of carbonyl (C=O) groups excluding carboxylic acids is 1. The summed E-state index contributed by atoms with van der Waals surface area (Å²) in [7, 11) is 0. The van der Waals surface area contributed by atoms with Crippen LogP contribution >= 0.6 is 11.6 Å². The molecule has 0 aliphatic heterocycles. The molecule has 0 amide bonds. The predicted octanol–water partition coefficient (Wildman–Crippen LogP) is 5.75. The summed E-state index contributed by atoms with van der Waals surface area (Å²) in [6, 6.07) is 13.3. The lowest BCUT2D eigenvalue weighted by atomic mass is 10.1. The standard InChI is InChI=1S/C24H24ClN3O4/c1-4-30-22(29)10-12-28-11-9-16-13-17(5-7-20(16)28)23-26-24(32-27-23)18-6-8-21(19(25)14-18)31-15(2)3/h5-9,11,13-15H,4,10,12H2,1-3H3. The highest BCUT2D eigenvalue weighted by Crippen LogP contribution is 2.32.